The van der Waals surface area contributed by atoms with Crippen molar-refractivity contribution in [2.45, 2.75) is 12.8 Å². The molecule has 0 unspecified atom stereocenters. The molecular weight excluding hydrogens is 609 g/mol. The van der Waals surface area contributed by atoms with Gasteiger partial charge in [0.25, 0.3) is 0 Å². The first-order chi connectivity index (χ1) is 23.8. The van der Waals surface area contributed by atoms with E-state index in [-0.39, 0.29) is 0 Å². The summed E-state index contributed by atoms with van der Waals surface area (Å²) in [5.74, 6) is 1.95. The first kappa shape index (κ1) is 27.2. The summed E-state index contributed by atoms with van der Waals surface area (Å²) in [6.07, 6.45) is 7.96. The molecule has 10 rings (SSSR count). The maximum atomic E-state index is 6.21. The van der Waals surface area contributed by atoms with E-state index < -0.39 is 0 Å². The van der Waals surface area contributed by atoms with Gasteiger partial charge in [0.1, 0.15) is 5.58 Å². The van der Waals surface area contributed by atoms with Crippen molar-refractivity contribution in [3.05, 3.63) is 145 Å². The Morgan fingerprint density at radius 2 is 1.31 bits per heavy atom. The van der Waals surface area contributed by atoms with Crippen LogP contribution in [0.3, 0.4) is 0 Å². The molecule has 48 heavy (non-hydrogen) atoms. The Hall–Kier alpha value is -5.98. The van der Waals surface area contributed by atoms with E-state index in [0.29, 0.717) is 23.2 Å². The third-order valence-electron chi connectivity index (χ3n) is 9.34. The van der Waals surface area contributed by atoms with E-state index >= 15 is 0 Å². The highest BCUT2D eigenvalue weighted by Crippen LogP contribution is 2.40. The number of hydrogen-bond acceptors (Lipinski definition) is 6. The number of thiophene rings is 1. The minimum absolute atomic E-state index is 0.593. The molecule has 0 radical (unpaired) electrons. The summed E-state index contributed by atoms with van der Waals surface area (Å²) in [6, 6.07) is 40.2. The van der Waals surface area contributed by atoms with Gasteiger partial charge in [-0.2, -0.15) is 0 Å². The standard InChI is InChI=1S/C42H26N4OS/c1-2-9-25(10-3-1)26-17-19-28(20-18-26)39-44-40(46-41(45-39)33-15-8-14-32-31-13-6-7-16-36(31)48-38(32)33)29-23-34-37-30-12-5-4-11-27(30)21-22-35(37)47-42(34)43-24-29/h1-17,19,21-24H,18,20H2. The highest BCUT2D eigenvalue weighted by molar-refractivity contribution is 7.26. The minimum atomic E-state index is 0.593. The summed E-state index contributed by atoms with van der Waals surface area (Å²) in [5.41, 5.74) is 6.90. The Morgan fingerprint density at radius 1 is 0.562 bits per heavy atom. The number of nitrogens with zero attached hydrogens (tertiary/aromatic N) is 4. The van der Waals surface area contributed by atoms with Crippen molar-refractivity contribution >= 4 is 75.5 Å². The van der Waals surface area contributed by atoms with Crippen LogP contribution in [0.2, 0.25) is 0 Å². The highest BCUT2D eigenvalue weighted by Gasteiger charge is 2.20. The Kier molecular flexibility index (Phi) is 6.11. The van der Waals surface area contributed by atoms with Gasteiger partial charge in [0, 0.05) is 48.3 Å². The second-order valence-electron chi connectivity index (χ2n) is 12.2. The number of fused-ring (bicyclic) bond motifs is 8. The van der Waals surface area contributed by atoms with E-state index in [9.17, 15) is 0 Å². The Morgan fingerprint density at radius 3 is 2.21 bits per heavy atom. The summed E-state index contributed by atoms with van der Waals surface area (Å²) in [7, 11) is 0. The summed E-state index contributed by atoms with van der Waals surface area (Å²) in [4.78, 5) is 20.2. The lowest BCUT2D eigenvalue weighted by Gasteiger charge is -2.15. The molecule has 0 atom stereocenters. The second-order valence-corrected chi connectivity index (χ2v) is 13.2. The summed E-state index contributed by atoms with van der Waals surface area (Å²) < 4.78 is 8.63. The summed E-state index contributed by atoms with van der Waals surface area (Å²) in [5, 5.41) is 6.75. The smallest absolute Gasteiger partial charge is 0.227 e. The van der Waals surface area contributed by atoms with Crippen molar-refractivity contribution in [1.29, 1.82) is 0 Å². The van der Waals surface area contributed by atoms with E-state index in [1.807, 2.05) is 12.3 Å². The molecule has 0 amide bonds. The molecule has 0 aliphatic heterocycles. The monoisotopic (exact) mass is 634 g/mol. The van der Waals surface area contributed by atoms with Crippen LogP contribution in [0.25, 0.3) is 86.9 Å². The van der Waals surface area contributed by atoms with Gasteiger partial charge < -0.3 is 4.42 Å². The number of pyridine rings is 1. The normalized spacial score (nSPS) is 13.5. The number of aromatic nitrogens is 4. The van der Waals surface area contributed by atoms with Gasteiger partial charge in [0.15, 0.2) is 17.5 Å². The Bertz CT molecular complexity index is 2790. The van der Waals surface area contributed by atoms with Gasteiger partial charge >= 0.3 is 0 Å². The van der Waals surface area contributed by atoms with E-state index in [1.165, 1.54) is 31.3 Å². The SMILES string of the molecule is C1=C(c2ccccc2)CCC(c2nc(-c3cnc4oc5ccc6ccccc6c5c4c3)nc(-c3cccc4c3sc3ccccc34)n2)=C1. The van der Waals surface area contributed by atoms with Gasteiger partial charge in [-0.25, -0.2) is 19.9 Å². The maximum Gasteiger partial charge on any atom is 0.227 e. The van der Waals surface area contributed by atoms with E-state index in [2.05, 4.69) is 121 Å². The third-order valence-corrected chi connectivity index (χ3v) is 10.6. The molecule has 4 heterocycles. The van der Waals surface area contributed by atoms with Crippen LogP contribution in [0, 0.1) is 0 Å². The van der Waals surface area contributed by atoms with Gasteiger partial charge in [-0.3, -0.25) is 0 Å². The predicted molar refractivity (Wildman–Crippen MR) is 198 cm³/mol. The molecule has 4 aromatic heterocycles. The van der Waals surface area contributed by atoms with Crippen molar-refractivity contribution in [2.24, 2.45) is 0 Å². The molecule has 0 N–H and O–H groups in total. The quantitative estimate of drug-likeness (QED) is 0.193. The Balaban J connectivity index is 1.19. The minimum Gasteiger partial charge on any atom is -0.438 e. The fraction of sp³-hybridized carbons (Fsp3) is 0.0476. The third kappa shape index (κ3) is 4.37. The van der Waals surface area contributed by atoms with Crippen molar-refractivity contribution in [1.82, 2.24) is 19.9 Å². The number of rotatable bonds is 4. The van der Waals surface area contributed by atoms with Crippen LogP contribution in [-0.4, -0.2) is 19.9 Å². The molecule has 1 aliphatic carbocycles. The highest BCUT2D eigenvalue weighted by atomic mass is 32.1. The molecule has 1 aliphatic rings. The van der Waals surface area contributed by atoms with Crippen LogP contribution in [0.15, 0.2) is 138 Å². The van der Waals surface area contributed by atoms with E-state index in [4.69, 9.17) is 24.4 Å². The largest absolute Gasteiger partial charge is 0.438 e. The predicted octanol–water partition coefficient (Wildman–Crippen LogP) is 11.3. The molecule has 226 valence electrons. The van der Waals surface area contributed by atoms with Crippen molar-refractivity contribution in [3.8, 4) is 22.8 Å². The van der Waals surface area contributed by atoms with Crippen LogP contribution in [0.5, 0.6) is 0 Å². The molecule has 0 bridgehead atoms. The van der Waals surface area contributed by atoms with Gasteiger partial charge in [0.05, 0.1) is 0 Å². The number of furan rings is 1. The fourth-order valence-electron chi connectivity index (χ4n) is 6.96. The zero-order chi connectivity index (χ0) is 31.6. The molecule has 0 saturated heterocycles. The number of allylic oxidation sites excluding steroid dienone is 4. The lowest BCUT2D eigenvalue weighted by molar-refractivity contribution is 0.654. The lowest BCUT2D eigenvalue weighted by atomic mass is 9.93. The van der Waals surface area contributed by atoms with Gasteiger partial charge in [-0.1, -0.05) is 103 Å². The van der Waals surface area contributed by atoms with E-state index in [0.717, 1.165) is 56.7 Å². The van der Waals surface area contributed by atoms with Crippen LogP contribution in [0.4, 0.5) is 0 Å². The molecule has 5 nitrogen and oxygen atoms in total. The van der Waals surface area contributed by atoms with Crippen LogP contribution in [0.1, 0.15) is 24.2 Å². The van der Waals surface area contributed by atoms with E-state index in [1.54, 1.807) is 11.3 Å². The Labute approximate surface area is 279 Å². The zero-order valence-electron chi connectivity index (χ0n) is 25.7. The van der Waals surface area contributed by atoms with Crippen LogP contribution < -0.4 is 0 Å². The number of hydrogen-bond donors (Lipinski definition) is 0. The van der Waals surface area contributed by atoms with Crippen molar-refractivity contribution in [3.63, 3.8) is 0 Å². The second kappa shape index (κ2) is 10.8. The first-order valence-corrected chi connectivity index (χ1v) is 16.9. The van der Waals surface area contributed by atoms with Crippen molar-refractivity contribution in [2.75, 3.05) is 0 Å². The molecule has 9 aromatic rings. The first-order valence-electron chi connectivity index (χ1n) is 16.1. The molecule has 0 fully saturated rings. The molecule has 0 spiro atoms. The van der Waals surface area contributed by atoms with Gasteiger partial charge in [0.2, 0.25) is 5.71 Å². The zero-order valence-corrected chi connectivity index (χ0v) is 26.5. The molecule has 5 aromatic carbocycles. The van der Waals surface area contributed by atoms with Crippen LogP contribution >= 0.6 is 11.3 Å². The molecule has 6 heteroatoms. The van der Waals surface area contributed by atoms with Crippen molar-refractivity contribution < 1.29 is 4.42 Å². The van der Waals surface area contributed by atoms with Gasteiger partial charge in [-0.05, 0) is 64.6 Å². The lowest BCUT2D eigenvalue weighted by Crippen LogP contribution is -2.04. The average molecular weight is 635 g/mol. The fourth-order valence-corrected chi connectivity index (χ4v) is 8.17. The molecule has 0 saturated carbocycles. The van der Waals surface area contributed by atoms with Gasteiger partial charge in [-0.15, -0.1) is 11.3 Å². The maximum absolute atomic E-state index is 6.21. The summed E-state index contributed by atoms with van der Waals surface area (Å²) >= 11 is 1.78. The average Bonchev–Trinajstić information content (AvgIpc) is 3.73. The number of benzene rings is 5. The summed E-state index contributed by atoms with van der Waals surface area (Å²) in [6.45, 7) is 0. The van der Waals surface area contributed by atoms with Crippen LogP contribution in [-0.2, 0) is 0 Å². The molecular formula is C42H26N4OS. The topological polar surface area (TPSA) is 64.7 Å².